The third kappa shape index (κ3) is 7.89. The van der Waals surface area contributed by atoms with Gasteiger partial charge in [-0.1, -0.05) is 52.7 Å². The number of aromatic carboxylic acids is 1. The first-order valence-electron chi connectivity index (χ1n) is 9.43. The van der Waals surface area contributed by atoms with Gasteiger partial charge in [-0.25, -0.2) is 9.59 Å². The average molecular weight is 364 g/mol. The largest absolute Gasteiger partial charge is 0.508 e. The summed E-state index contributed by atoms with van der Waals surface area (Å²) >= 11 is 0. The van der Waals surface area contributed by atoms with Gasteiger partial charge in [-0.3, -0.25) is 0 Å². The lowest BCUT2D eigenvalue weighted by Crippen LogP contribution is -2.26. The molecule has 146 valence electrons. The highest BCUT2D eigenvalue weighted by molar-refractivity contribution is 5.89. The van der Waals surface area contributed by atoms with Gasteiger partial charge in [-0.05, 0) is 42.9 Å². The van der Waals surface area contributed by atoms with Gasteiger partial charge in [0.2, 0.25) is 0 Å². The molecule has 5 nitrogen and oxygen atoms in total. The van der Waals surface area contributed by atoms with Crippen LogP contribution in [-0.4, -0.2) is 30.4 Å². The Morgan fingerprint density at radius 2 is 1.77 bits per heavy atom. The van der Waals surface area contributed by atoms with E-state index >= 15 is 0 Å². The molecule has 0 aliphatic heterocycles. The van der Waals surface area contributed by atoms with Crippen molar-refractivity contribution < 1.29 is 24.2 Å². The minimum absolute atomic E-state index is 0.177. The molecule has 5 heteroatoms. The van der Waals surface area contributed by atoms with Crippen LogP contribution in [0.4, 0.5) is 4.79 Å². The van der Waals surface area contributed by atoms with Crippen LogP contribution in [0.1, 0.15) is 74.9 Å². The molecule has 0 aliphatic rings. The molecule has 0 heterocycles. The van der Waals surface area contributed by atoms with Gasteiger partial charge in [-0.2, -0.15) is 0 Å². The predicted molar refractivity (Wildman–Crippen MR) is 102 cm³/mol. The van der Waals surface area contributed by atoms with Gasteiger partial charge >= 0.3 is 12.1 Å². The fraction of sp³-hybridized carbons (Fsp3) is 0.619. The molecule has 0 unspecified atom stereocenters. The highest BCUT2D eigenvalue weighted by Gasteiger charge is 2.24. The van der Waals surface area contributed by atoms with Gasteiger partial charge in [-0.15, -0.1) is 0 Å². The quantitative estimate of drug-likeness (QED) is 0.429. The van der Waals surface area contributed by atoms with Crippen molar-refractivity contribution in [2.75, 3.05) is 13.2 Å². The smallest absolute Gasteiger partial charge is 0.478 e. The molecule has 0 saturated carbocycles. The summed E-state index contributed by atoms with van der Waals surface area (Å²) in [5.74, 6) is -0.933. The molecule has 0 aromatic heterocycles. The zero-order valence-corrected chi connectivity index (χ0v) is 16.5. The van der Waals surface area contributed by atoms with Crippen molar-refractivity contribution in [1.82, 2.24) is 0 Å². The number of carbonyl (C=O) groups excluding carboxylic acids is 1. The van der Waals surface area contributed by atoms with E-state index in [9.17, 15) is 14.7 Å². The second-order valence-corrected chi connectivity index (χ2v) is 7.48. The summed E-state index contributed by atoms with van der Waals surface area (Å²) < 4.78 is 10.2. The summed E-state index contributed by atoms with van der Waals surface area (Å²) in [6, 6.07) is 5.54. The summed E-state index contributed by atoms with van der Waals surface area (Å²) in [4.78, 5) is 23.2. The van der Waals surface area contributed by atoms with Crippen LogP contribution in [0.15, 0.2) is 18.2 Å². The third-order valence-electron chi connectivity index (χ3n) is 4.19. The lowest BCUT2D eigenvalue weighted by Gasteiger charge is -2.25. The Bertz CT molecular complexity index is 592. The van der Waals surface area contributed by atoms with Crippen LogP contribution in [0.25, 0.3) is 0 Å². The highest BCUT2D eigenvalue weighted by Crippen LogP contribution is 2.26. The fourth-order valence-corrected chi connectivity index (χ4v) is 2.70. The van der Waals surface area contributed by atoms with E-state index in [0.29, 0.717) is 18.6 Å². The lowest BCUT2D eigenvalue weighted by molar-refractivity contribution is 0.0288. The van der Waals surface area contributed by atoms with Crippen molar-refractivity contribution in [2.24, 2.45) is 5.41 Å². The number of ether oxygens (including phenoxy) is 2. The van der Waals surface area contributed by atoms with E-state index in [1.807, 2.05) is 32.9 Å². The first kappa shape index (κ1) is 22.0. The standard InChI is InChI=1S/C21H32O5/c1-5-7-9-16-10-11-18(19(22)23)17(13-16)14-21(3,4)15-26-20(24)25-12-8-6-2/h10-11,13H,5-9,12,14-15H2,1-4H3,(H,22,23). The van der Waals surface area contributed by atoms with E-state index in [1.165, 1.54) is 0 Å². The number of hydrogen-bond donors (Lipinski definition) is 1. The number of carboxylic acids is 1. The fourth-order valence-electron chi connectivity index (χ4n) is 2.70. The zero-order valence-electron chi connectivity index (χ0n) is 16.5. The van der Waals surface area contributed by atoms with Crippen LogP contribution in [0.5, 0.6) is 0 Å². The van der Waals surface area contributed by atoms with Crippen LogP contribution in [-0.2, 0) is 22.3 Å². The predicted octanol–water partition coefficient (Wildman–Crippen LogP) is 5.25. The second-order valence-electron chi connectivity index (χ2n) is 7.48. The van der Waals surface area contributed by atoms with Crippen LogP contribution in [0, 0.1) is 5.41 Å². The van der Waals surface area contributed by atoms with Crippen molar-refractivity contribution in [3.8, 4) is 0 Å². The first-order chi connectivity index (χ1) is 12.3. The van der Waals surface area contributed by atoms with Crippen LogP contribution in [0.2, 0.25) is 0 Å². The summed E-state index contributed by atoms with van der Waals surface area (Å²) in [6.45, 7) is 8.60. The minimum atomic E-state index is -0.933. The van der Waals surface area contributed by atoms with Crippen molar-refractivity contribution in [2.45, 2.75) is 66.2 Å². The number of carboxylic acid groups (broad SMARTS) is 1. The summed E-state index contributed by atoms with van der Waals surface area (Å²) in [6.07, 6.45) is 4.70. The Hall–Kier alpha value is -2.04. The normalized spacial score (nSPS) is 11.2. The summed E-state index contributed by atoms with van der Waals surface area (Å²) in [7, 11) is 0. The summed E-state index contributed by atoms with van der Waals surface area (Å²) in [5.41, 5.74) is 1.84. The van der Waals surface area contributed by atoms with E-state index in [4.69, 9.17) is 9.47 Å². The van der Waals surface area contributed by atoms with Gasteiger partial charge in [0, 0.05) is 5.41 Å². The zero-order chi connectivity index (χ0) is 19.6. The Balaban J connectivity index is 2.76. The van der Waals surface area contributed by atoms with E-state index in [1.54, 1.807) is 6.07 Å². The van der Waals surface area contributed by atoms with Crippen LogP contribution in [0.3, 0.4) is 0 Å². The van der Waals surface area contributed by atoms with Gasteiger partial charge in [0.1, 0.15) is 6.61 Å². The molecule has 0 radical (unpaired) electrons. The molecule has 1 aromatic rings. The Morgan fingerprint density at radius 3 is 2.38 bits per heavy atom. The van der Waals surface area contributed by atoms with E-state index < -0.39 is 17.5 Å². The number of unbranched alkanes of at least 4 members (excludes halogenated alkanes) is 2. The molecule has 0 atom stereocenters. The first-order valence-corrected chi connectivity index (χ1v) is 9.43. The molecular weight excluding hydrogens is 332 g/mol. The molecule has 26 heavy (non-hydrogen) atoms. The molecule has 1 rings (SSSR count). The molecule has 1 aromatic carbocycles. The summed E-state index contributed by atoms with van der Waals surface area (Å²) in [5, 5.41) is 9.46. The number of benzene rings is 1. The molecule has 0 spiro atoms. The van der Waals surface area contributed by atoms with Gasteiger partial charge in [0.15, 0.2) is 0 Å². The number of carbonyl (C=O) groups is 2. The maximum absolute atomic E-state index is 11.6. The van der Waals surface area contributed by atoms with Gasteiger partial charge in [0.05, 0.1) is 12.2 Å². The SMILES string of the molecule is CCCCOC(=O)OCC(C)(C)Cc1cc(CCCC)ccc1C(=O)O. The van der Waals surface area contributed by atoms with E-state index in [0.717, 1.165) is 43.2 Å². The number of aryl methyl sites for hydroxylation is 1. The topological polar surface area (TPSA) is 72.8 Å². The number of hydrogen-bond acceptors (Lipinski definition) is 4. The average Bonchev–Trinajstić information content (AvgIpc) is 2.58. The van der Waals surface area contributed by atoms with Gasteiger partial charge in [0.25, 0.3) is 0 Å². The van der Waals surface area contributed by atoms with Crippen LogP contribution >= 0.6 is 0 Å². The lowest BCUT2D eigenvalue weighted by atomic mass is 9.84. The molecule has 0 saturated heterocycles. The molecule has 0 fully saturated rings. The monoisotopic (exact) mass is 364 g/mol. The molecule has 0 amide bonds. The van der Waals surface area contributed by atoms with E-state index in [2.05, 4.69) is 6.92 Å². The Labute approximate surface area is 156 Å². The molecule has 0 bridgehead atoms. The molecule has 0 aliphatic carbocycles. The second kappa shape index (κ2) is 10.8. The maximum Gasteiger partial charge on any atom is 0.508 e. The Morgan fingerprint density at radius 1 is 1.08 bits per heavy atom. The molecule has 1 N–H and O–H groups in total. The molecular formula is C21H32O5. The van der Waals surface area contributed by atoms with Crippen molar-refractivity contribution in [3.63, 3.8) is 0 Å². The number of rotatable bonds is 11. The minimum Gasteiger partial charge on any atom is -0.478 e. The Kier molecular flexibility index (Phi) is 9.17. The van der Waals surface area contributed by atoms with Crippen molar-refractivity contribution in [1.29, 1.82) is 0 Å². The van der Waals surface area contributed by atoms with Crippen LogP contribution < -0.4 is 0 Å². The third-order valence-corrected chi connectivity index (χ3v) is 4.19. The maximum atomic E-state index is 11.6. The van der Waals surface area contributed by atoms with Gasteiger partial charge < -0.3 is 14.6 Å². The van der Waals surface area contributed by atoms with E-state index in [-0.39, 0.29) is 6.61 Å². The van der Waals surface area contributed by atoms with Crippen molar-refractivity contribution in [3.05, 3.63) is 34.9 Å². The van der Waals surface area contributed by atoms with Crippen molar-refractivity contribution >= 4 is 12.1 Å². The highest BCUT2D eigenvalue weighted by atomic mass is 16.7.